The number of benzene rings is 2. The van der Waals surface area contributed by atoms with E-state index in [0.29, 0.717) is 16.9 Å². The monoisotopic (exact) mass is 430 g/mol. The molecule has 30 heavy (non-hydrogen) atoms. The molecule has 0 atom stereocenters. The van der Waals surface area contributed by atoms with Crippen molar-refractivity contribution in [3.05, 3.63) is 54.1 Å². The van der Waals surface area contributed by atoms with Gasteiger partial charge in [0, 0.05) is 37.1 Å². The first kappa shape index (κ1) is 21.6. The van der Waals surface area contributed by atoms with Gasteiger partial charge in [0.05, 0.1) is 4.90 Å². The summed E-state index contributed by atoms with van der Waals surface area (Å²) < 4.78 is 27.6. The van der Waals surface area contributed by atoms with Gasteiger partial charge in [0.2, 0.25) is 0 Å². The number of urea groups is 1. The maximum atomic E-state index is 12.6. The number of hydrogen-bond donors (Lipinski definition) is 3. The quantitative estimate of drug-likeness (QED) is 0.677. The Morgan fingerprint density at radius 1 is 0.833 bits per heavy atom. The van der Waals surface area contributed by atoms with E-state index in [1.807, 2.05) is 4.90 Å². The van der Waals surface area contributed by atoms with Crippen LogP contribution in [0.5, 0.6) is 0 Å². The van der Waals surface area contributed by atoms with Crippen molar-refractivity contribution >= 4 is 33.3 Å². The van der Waals surface area contributed by atoms with Crippen molar-refractivity contribution in [2.75, 3.05) is 30.2 Å². The lowest BCUT2D eigenvalue weighted by atomic mass is 10.2. The molecule has 0 saturated carbocycles. The SMILES string of the molecule is CNC(=O)c1ccc(S(=O)(=O)Nc2ccc(NC(=O)N3CCCCCC3)cc2)cc1. The molecule has 1 aliphatic heterocycles. The molecule has 1 saturated heterocycles. The summed E-state index contributed by atoms with van der Waals surface area (Å²) in [4.78, 5) is 25.8. The van der Waals surface area contributed by atoms with Crippen LogP contribution >= 0.6 is 0 Å². The normalized spacial score (nSPS) is 14.5. The van der Waals surface area contributed by atoms with Gasteiger partial charge in [0.15, 0.2) is 0 Å². The van der Waals surface area contributed by atoms with Crippen molar-refractivity contribution in [1.29, 1.82) is 0 Å². The maximum absolute atomic E-state index is 12.6. The van der Waals surface area contributed by atoms with Gasteiger partial charge in [0.25, 0.3) is 15.9 Å². The summed E-state index contributed by atoms with van der Waals surface area (Å²) in [5, 5.41) is 5.34. The summed E-state index contributed by atoms with van der Waals surface area (Å²) in [6.45, 7) is 1.50. The van der Waals surface area contributed by atoms with E-state index >= 15 is 0 Å². The lowest BCUT2D eigenvalue weighted by molar-refractivity contribution is 0.0963. The molecule has 160 valence electrons. The van der Waals surface area contributed by atoms with Gasteiger partial charge in [-0.3, -0.25) is 9.52 Å². The van der Waals surface area contributed by atoms with Crippen molar-refractivity contribution < 1.29 is 18.0 Å². The highest BCUT2D eigenvalue weighted by Crippen LogP contribution is 2.20. The van der Waals surface area contributed by atoms with Gasteiger partial charge in [-0.15, -0.1) is 0 Å². The molecular weight excluding hydrogens is 404 g/mol. The van der Waals surface area contributed by atoms with Crippen LogP contribution in [0.1, 0.15) is 36.0 Å². The first-order chi connectivity index (χ1) is 14.4. The van der Waals surface area contributed by atoms with Gasteiger partial charge in [-0.05, 0) is 61.4 Å². The number of nitrogens with one attached hydrogen (secondary N) is 3. The van der Waals surface area contributed by atoms with Crippen molar-refractivity contribution in [3.8, 4) is 0 Å². The number of hydrogen-bond acceptors (Lipinski definition) is 4. The van der Waals surface area contributed by atoms with Crippen molar-refractivity contribution in [3.63, 3.8) is 0 Å². The minimum Gasteiger partial charge on any atom is -0.355 e. The molecule has 9 heteroatoms. The summed E-state index contributed by atoms with van der Waals surface area (Å²) in [6.07, 6.45) is 4.32. The van der Waals surface area contributed by atoms with Crippen molar-refractivity contribution in [1.82, 2.24) is 10.2 Å². The van der Waals surface area contributed by atoms with E-state index in [1.165, 1.54) is 31.3 Å². The predicted octanol–water partition coefficient (Wildman–Crippen LogP) is 3.25. The summed E-state index contributed by atoms with van der Waals surface area (Å²) in [5.41, 5.74) is 1.35. The first-order valence-electron chi connectivity index (χ1n) is 9.90. The Morgan fingerprint density at radius 2 is 1.40 bits per heavy atom. The number of sulfonamides is 1. The number of carbonyl (C=O) groups is 2. The molecule has 0 unspecified atom stereocenters. The van der Waals surface area contributed by atoms with Crippen LogP contribution in [0.25, 0.3) is 0 Å². The van der Waals surface area contributed by atoms with Gasteiger partial charge in [-0.25, -0.2) is 13.2 Å². The van der Waals surface area contributed by atoms with Crippen molar-refractivity contribution in [2.24, 2.45) is 0 Å². The van der Waals surface area contributed by atoms with Crippen LogP contribution in [0.4, 0.5) is 16.2 Å². The average Bonchev–Trinajstić information content (AvgIpc) is 3.04. The third kappa shape index (κ3) is 5.50. The molecule has 0 aromatic heterocycles. The molecule has 3 rings (SSSR count). The Labute approximate surface area is 176 Å². The molecule has 2 aromatic carbocycles. The minimum absolute atomic E-state index is 0.0497. The van der Waals surface area contributed by atoms with Crippen LogP contribution in [0.2, 0.25) is 0 Å². The summed E-state index contributed by atoms with van der Waals surface area (Å²) in [7, 11) is -2.29. The number of amides is 3. The molecule has 8 nitrogen and oxygen atoms in total. The molecule has 3 amide bonds. The van der Waals surface area contributed by atoms with Crippen LogP contribution in [0.3, 0.4) is 0 Å². The van der Waals surface area contributed by atoms with Crippen LogP contribution in [-0.4, -0.2) is 45.4 Å². The Balaban J connectivity index is 1.63. The van der Waals surface area contributed by atoms with Gasteiger partial charge >= 0.3 is 6.03 Å². The number of nitrogens with zero attached hydrogens (tertiary/aromatic N) is 1. The van der Waals surface area contributed by atoms with Crippen LogP contribution in [0, 0.1) is 0 Å². The van der Waals surface area contributed by atoms with Gasteiger partial charge in [-0.2, -0.15) is 0 Å². The molecule has 3 N–H and O–H groups in total. The van der Waals surface area contributed by atoms with Crippen LogP contribution < -0.4 is 15.4 Å². The van der Waals surface area contributed by atoms with E-state index in [-0.39, 0.29) is 16.8 Å². The largest absolute Gasteiger partial charge is 0.355 e. The van der Waals surface area contributed by atoms with Gasteiger partial charge < -0.3 is 15.5 Å². The zero-order valence-corrected chi connectivity index (χ0v) is 17.7. The second-order valence-corrected chi connectivity index (χ2v) is 8.80. The zero-order valence-electron chi connectivity index (χ0n) is 16.8. The summed E-state index contributed by atoms with van der Waals surface area (Å²) in [5.74, 6) is -0.287. The topological polar surface area (TPSA) is 108 Å². The molecule has 1 heterocycles. The Bertz CT molecular complexity index is 981. The fourth-order valence-electron chi connectivity index (χ4n) is 3.24. The van der Waals surface area contributed by atoms with E-state index in [0.717, 1.165) is 38.8 Å². The van der Waals surface area contributed by atoms with E-state index in [4.69, 9.17) is 0 Å². The Morgan fingerprint density at radius 3 is 1.97 bits per heavy atom. The van der Waals surface area contributed by atoms with Crippen LogP contribution in [-0.2, 0) is 10.0 Å². The van der Waals surface area contributed by atoms with E-state index in [9.17, 15) is 18.0 Å². The number of anilines is 2. The second kappa shape index (κ2) is 9.62. The molecule has 0 aliphatic carbocycles. The van der Waals surface area contributed by atoms with Crippen LogP contribution in [0.15, 0.2) is 53.4 Å². The lowest BCUT2D eigenvalue weighted by Crippen LogP contribution is -2.35. The van der Waals surface area contributed by atoms with Gasteiger partial charge in [0.1, 0.15) is 0 Å². The van der Waals surface area contributed by atoms with E-state index in [2.05, 4.69) is 15.4 Å². The Hall–Kier alpha value is -3.07. The maximum Gasteiger partial charge on any atom is 0.321 e. The highest BCUT2D eigenvalue weighted by atomic mass is 32.2. The average molecular weight is 431 g/mol. The fourth-order valence-corrected chi connectivity index (χ4v) is 4.30. The van der Waals surface area contributed by atoms with E-state index in [1.54, 1.807) is 24.3 Å². The third-order valence-corrected chi connectivity index (χ3v) is 6.33. The number of carbonyl (C=O) groups excluding carboxylic acids is 2. The number of likely N-dealkylation sites (tertiary alicyclic amines) is 1. The molecule has 0 bridgehead atoms. The first-order valence-corrected chi connectivity index (χ1v) is 11.4. The van der Waals surface area contributed by atoms with Crippen molar-refractivity contribution in [2.45, 2.75) is 30.6 Å². The highest BCUT2D eigenvalue weighted by Gasteiger charge is 2.17. The molecule has 0 radical (unpaired) electrons. The molecule has 0 spiro atoms. The molecule has 1 aliphatic rings. The predicted molar refractivity (Wildman–Crippen MR) is 116 cm³/mol. The molecule has 2 aromatic rings. The molecule has 1 fully saturated rings. The molecular formula is C21H26N4O4S. The Kier molecular flexibility index (Phi) is 6.94. The van der Waals surface area contributed by atoms with Gasteiger partial charge in [-0.1, -0.05) is 12.8 Å². The zero-order chi connectivity index (χ0) is 21.6. The lowest BCUT2D eigenvalue weighted by Gasteiger charge is -2.20. The smallest absolute Gasteiger partial charge is 0.321 e. The fraction of sp³-hybridized carbons (Fsp3) is 0.333. The summed E-state index contributed by atoms with van der Waals surface area (Å²) in [6, 6.07) is 12.0. The minimum atomic E-state index is -3.80. The summed E-state index contributed by atoms with van der Waals surface area (Å²) >= 11 is 0. The second-order valence-electron chi connectivity index (χ2n) is 7.12. The standard InChI is InChI=1S/C21H26N4O4S/c1-22-20(26)16-6-12-19(13-7-16)30(28,29)24-18-10-8-17(9-11-18)23-21(27)25-14-4-2-3-5-15-25/h6-13,24H,2-5,14-15H2,1H3,(H,22,26)(H,23,27). The van der Waals surface area contributed by atoms with E-state index < -0.39 is 10.0 Å². The third-order valence-electron chi connectivity index (χ3n) is 4.94. The number of rotatable bonds is 5. The highest BCUT2D eigenvalue weighted by molar-refractivity contribution is 7.92.